The third-order valence-electron chi connectivity index (χ3n) is 5.10. The van der Waals surface area contributed by atoms with Crippen LogP contribution in [0, 0.1) is 11.7 Å². The Bertz CT molecular complexity index is 738. The van der Waals surface area contributed by atoms with Crippen LogP contribution >= 0.6 is 0 Å². The van der Waals surface area contributed by atoms with Crippen LogP contribution < -0.4 is 15.0 Å². The van der Waals surface area contributed by atoms with Crippen molar-refractivity contribution in [1.29, 1.82) is 0 Å². The molecule has 0 aliphatic carbocycles. The van der Waals surface area contributed by atoms with E-state index >= 15 is 0 Å². The number of amides is 1. The van der Waals surface area contributed by atoms with Gasteiger partial charge in [0.2, 0.25) is 0 Å². The number of nitrogens with one attached hydrogen (secondary N) is 1. The molecule has 0 radical (unpaired) electrons. The number of benzene rings is 2. The number of anilines is 1. The van der Waals surface area contributed by atoms with E-state index < -0.39 is 0 Å². The van der Waals surface area contributed by atoms with Gasteiger partial charge in [0.1, 0.15) is 11.6 Å². The molecule has 0 aromatic heterocycles. The lowest BCUT2D eigenvalue weighted by atomic mass is 9.98. The zero-order chi connectivity index (χ0) is 19.2. The van der Waals surface area contributed by atoms with Gasteiger partial charge < -0.3 is 15.0 Å². The Hall–Kier alpha value is -2.56. The van der Waals surface area contributed by atoms with Gasteiger partial charge in [-0.25, -0.2) is 4.39 Å². The topological polar surface area (TPSA) is 41.6 Å². The molecule has 0 saturated carbocycles. The van der Waals surface area contributed by atoms with Crippen LogP contribution in [0.3, 0.4) is 0 Å². The maximum Gasteiger partial charge on any atom is 0.258 e. The fourth-order valence-electron chi connectivity index (χ4n) is 3.29. The lowest BCUT2D eigenvalue weighted by Gasteiger charge is -2.32. The van der Waals surface area contributed by atoms with Gasteiger partial charge in [0, 0.05) is 18.8 Å². The fraction of sp³-hybridized carbons (Fsp3) is 0.409. The highest BCUT2D eigenvalue weighted by atomic mass is 19.1. The van der Waals surface area contributed by atoms with Gasteiger partial charge in [0.05, 0.1) is 6.04 Å². The molecule has 0 spiro atoms. The molecule has 1 atom stereocenters. The number of piperidine rings is 1. The Morgan fingerprint density at radius 2 is 1.78 bits per heavy atom. The third-order valence-corrected chi connectivity index (χ3v) is 5.10. The summed E-state index contributed by atoms with van der Waals surface area (Å²) in [5.41, 5.74) is 2.29. The van der Waals surface area contributed by atoms with Gasteiger partial charge in [-0.15, -0.1) is 0 Å². The average Bonchev–Trinajstić information content (AvgIpc) is 2.68. The second-order valence-electron chi connectivity index (χ2n) is 7.29. The lowest BCUT2D eigenvalue weighted by Crippen LogP contribution is -2.33. The normalized spacial score (nSPS) is 16.0. The van der Waals surface area contributed by atoms with Crippen molar-refractivity contribution < 1.29 is 13.9 Å². The number of ether oxygens (including phenoxy) is 1. The standard InChI is InChI=1S/C22H27FN2O2/c1-16-11-13-25(14-12-16)20-7-3-18(4-8-20)17(2)24-22(26)15-27-21-9-5-19(23)6-10-21/h3-10,16-17H,11-15H2,1-2H3,(H,24,26)/t17-/m0/s1. The van der Waals surface area contributed by atoms with E-state index in [0.29, 0.717) is 5.75 Å². The van der Waals surface area contributed by atoms with Crippen LogP contribution in [0.25, 0.3) is 0 Å². The van der Waals surface area contributed by atoms with Crippen LogP contribution in [-0.4, -0.2) is 25.6 Å². The monoisotopic (exact) mass is 370 g/mol. The Morgan fingerprint density at radius 3 is 2.41 bits per heavy atom. The van der Waals surface area contributed by atoms with E-state index in [4.69, 9.17) is 4.74 Å². The molecule has 0 unspecified atom stereocenters. The highest BCUT2D eigenvalue weighted by Crippen LogP contribution is 2.24. The first-order valence-corrected chi connectivity index (χ1v) is 9.54. The van der Waals surface area contributed by atoms with Crippen molar-refractivity contribution >= 4 is 11.6 Å². The third kappa shape index (κ3) is 5.46. The van der Waals surface area contributed by atoms with Crippen molar-refractivity contribution in [3.05, 3.63) is 59.9 Å². The Labute approximate surface area is 160 Å². The molecule has 2 aromatic carbocycles. The molecule has 1 fully saturated rings. The van der Waals surface area contributed by atoms with Crippen LogP contribution in [0.15, 0.2) is 48.5 Å². The number of carbonyl (C=O) groups excluding carboxylic acids is 1. The number of hydrogen-bond donors (Lipinski definition) is 1. The molecule has 1 aliphatic heterocycles. The fourth-order valence-corrected chi connectivity index (χ4v) is 3.29. The number of carbonyl (C=O) groups is 1. The molecule has 1 amide bonds. The van der Waals surface area contributed by atoms with Crippen molar-refractivity contribution in [1.82, 2.24) is 5.32 Å². The van der Waals surface area contributed by atoms with Crippen LogP contribution in [0.2, 0.25) is 0 Å². The van der Waals surface area contributed by atoms with Gasteiger partial charge in [-0.2, -0.15) is 0 Å². The molecule has 3 rings (SSSR count). The van der Waals surface area contributed by atoms with Crippen molar-refractivity contribution in [2.45, 2.75) is 32.7 Å². The second kappa shape index (κ2) is 8.89. The van der Waals surface area contributed by atoms with Crippen LogP contribution in [0.4, 0.5) is 10.1 Å². The van der Waals surface area contributed by atoms with Gasteiger partial charge in [0.25, 0.3) is 5.91 Å². The SMILES string of the molecule is CC1CCN(c2ccc([C@H](C)NC(=O)COc3ccc(F)cc3)cc2)CC1. The average molecular weight is 370 g/mol. The molecule has 2 aromatic rings. The molecule has 1 aliphatic rings. The predicted molar refractivity (Wildman–Crippen MR) is 106 cm³/mol. The summed E-state index contributed by atoms with van der Waals surface area (Å²) in [5.74, 6) is 0.746. The first-order chi connectivity index (χ1) is 13.0. The number of hydrogen-bond acceptors (Lipinski definition) is 3. The van der Waals surface area contributed by atoms with E-state index in [1.54, 1.807) is 0 Å². The minimum atomic E-state index is -0.331. The Kier molecular flexibility index (Phi) is 6.32. The number of nitrogens with zero attached hydrogens (tertiary/aromatic N) is 1. The van der Waals surface area contributed by atoms with Crippen LogP contribution in [0.1, 0.15) is 38.3 Å². The van der Waals surface area contributed by atoms with Gasteiger partial charge in [-0.1, -0.05) is 19.1 Å². The van der Waals surface area contributed by atoms with Crippen molar-refractivity contribution in [2.75, 3.05) is 24.6 Å². The molecule has 4 nitrogen and oxygen atoms in total. The van der Waals surface area contributed by atoms with E-state index in [1.165, 1.54) is 42.8 Å². The molecule has 27 heavy (non-hydrogen) atoms. The largest absolute Gasteiger partial charge is 0.484 e. The zero-order valence-electron chi connectivity index (χ0n) is 16.0. The molecule has 1 heterocycles. The van der Waals surface area contributed by atoms with Gasteiger partial charge in [-0.05, 0) is 67.6 Å². The van der Waals surface area contributed by atoms with E-state index in [2.05, 4.69) is 41.4 Å². The van der Waals surface area contributed by atoms with Gasteiger partial charge in [-0.3, -0.25) is 4.79 Å². The molecule has 1 N–H and O–H groups in total. The van der Waals surface area contributed by atoms with Gasteiger partial charge in [0.15, 0.2) is 6.61 Å². The Morgan fingerprint density at radius 1 is 1.15 bits per heavy atom. The maximum atomic E-state index is 12.9. The number of rotatable bonds is 6. The molecule has 5 heteroatoms. The molecular weight excluding hydrogens is 343 g/mol. The minimum Gasteiger partial charge on any atom is -0.484 e. The first kappa shape index (κ1) is 19.2. The summed E-state index contributed by atoms with van der Waals surface area (Å²) < 4.78 is 18.3. The van der Waals surface area contributed by atoms with Crippen molar-refractivity contribution in [3.63, 3.8) is 0 Å². The van der Waals surface area contributed by atoms with Crippen molar-refractivity contribution in [2.24, 2.45) is 5.92 Å². The zero-order valence-corrected chi connectivity index (χ0v) is 16.0. The summed E-state index contributed by atoms with van der Waals surface area (Å²) in [6.45, 7) is 6.37. The summed E-state index contributed by atoms with van der Waals surface area (Å²) in [5, 5.41) is 2.93. The second-order valence-corrected chi connectivity index (χ2v) is 7.29. The van der Waals surface area contributed by atoms with Crippen molar-refractivity contribution in [3.8, 4) is 5.75 Å². The highest BCUT2D eigenvalue weighted by molar-refractivity contribution is 5.78. The van der Waals surface area contributed by atoms with E-state index in [1.807, 2.05) is 6.92 Å². The summed E-state index contributed by atoms with van der Waals surface area (Å²) in [4.78, 5) is 14.5. The maximum absolute atomic E-state index is 12.9. The summed E-state index contributed by atoms with van der Waals surface area (Å²) in [6.07, 6.45) is 2.48. The summed E-state index contributed by atoms with van der Waals surface area (Å²) in [6, 6.07) is 13.9. The first-order valence-electron chi connectivity index (χ1n) is 9.54. The molecule has 1 saturated heterocycles. The lowest BCUT2D eigenvalue weighted by molar-refractivity contribution is -0.123. The number of halogens is 1. The van der Waals surface area contributed by atoms with Crippen LogP contribution in [-0.2, 0) is 4.79 Å². The molecule has 0 bridgehead atoms. The molecule has 144 valence electrons. The Balaban J connectivity index is 1.49. The smallest absolute Gasteiger partial charge is 0.258 e. The molecular formula is C22H27FN2O2. The highest BCUT2D eigenvalue weighted by Gasteiger charge is 2.16. The van der Waals surface area contributed by atoms with E-state index in [9.17, 15) is 9.18 Å². The van der Waals surface area contributed by atoms with Gasteiger partial charge >= 0.3 is 0 Å². The summed E-state index contributed by atoms with van der Waals surface area (Å²) in [7, 11) is 0. The minimum absolute atomic E-state index is 0.0972. The quantitative estimate of drug-likeness (QED) is 0.823. The van der Waals surface area contributed by atoms with E-state index in [-0.39, 0.29) is 24.4 Å². The van der Waals surface area contributed by atoms with E-state index in [0.717, 1.165) is 24.6 Å². The predicted octanol–water partition coefficient (Wildman–Crippen LogP) is 4.32. The summed E-state index contributed by atoms with van der Waals surface area (Å²) >= 11 is 0. The van der Waals surface area contributed by atoms with Crippen LogP contribution in [0.5, 0.6) is 5.75 Å².